The number of alkyl halides is 12. The van der Waals surface area contributed by atoms with Gasteiger partial charge in [-0.2, -0.15) is 79.0 Å². The van der Waals surface area contributed by atoms with E-state index in [-0.39, 0.29) is 60.7 Å². The van der Waals surface area contributed by atoms with Crippen LogP contribution in [0.15, 0.2) is 97.1 Å². The van der Waals surface area contributed by atoms with Crippen LogP contribution in [0.1, 0.15) is 97.9 Å². The molecule has 0 saturated heterocycles. The minimum absolute atomic E-state index is 0.00131. The summed E-state index contributed by atoms with van der Waals surface area (Å²) in [5.74, 6) is -47.7. The van der Waals surface area contributed by atoms with Gasteiger partial charge in [0.25, 0.3) is 0 Å². The van der Waals surface area contributed by atoms with Gasteiger partial charge in [0.15, 0.2) is 63.9 Å². The summed E-state index contributed by atoms with van der Waals surface area (Å²) in [6.45, 7) is 5.95. The molecule has 8 rings (SSSR count). The first kappa shape index (κ1) is 74.8. The van der Waals surface area contributed by atoms with Gasteiger partial charge in [0.2, 0.25) is 57.2 Å². The average molecular weight is 1430 g/mol. The van der Waals surface area contributed by atoms with Crippen LogP contribution in [0.25, 0.3) is 11.1 Å². The molecular formula is C66H42F28O4. The molecular weight excluding hydrogens is 1390 g/mol. The molecule has 0 spiro atoms. The number of ether oxygens (including phenoxy) is 4. The molecule has 0 bridgehead atoms. The minimum atomic E-state index is -6.40. The van der Waals surface area contributed by atoms with Gasteiger partial charge in [-0.3, -0.25) is 0 Å². The zero-order valence-electron chi connectivity index (χ0n) is 50.3. The van der Waals surface area contributed by atoms with Crippen LogP contribution in [-0.4, -0.2) is 24.7 Å². The third-order valence-corrected chi connectivity index (χ3v) is 16.8. The molecule has 8 aromatic carbocycles. The molecule has 8 aromatic rings. The Morgan fingerprint density at radius 2 is 0.490 bits per heavy atom. The van der Waals surface area contributed by atoms with Gasteiger partial charge in [0, 0.05) is 11.1 Å². The fourth-order valence-electron chi connectivity index (χ4n) is 11.4. The number of hydrogen-bond acceptors (Lipinski definition) is 4. The highest BCUT2D eigenvalue weighted by Crippen LogP contribution is 2.59. The number of hydrogen-bond donors (Lipinski definition) is 0. The lowest BCUT2D eigenvalue weighted by atomic mass is 9.72. The van der Waals surface area contributed by atoms with Crippen molar-refractivity contribution in [1.82, 2.24) is 0 Å². The highest BCUT2D eigenvalue weighted by atomic mass is 19.4. The molecule has 0 amide bonds. The molecule has 0 aliphatic rings. The van der Waals surface area contributed by atoms with Crippen molar-refractivity contribution < 1.29 is 142 Å². The standard InChI is InChI=1S/C66H42F28O4/c1-7-59(8-2,29-11-13-30(14-12-29)61(63(83,84)85,64(86,87)88)31-15-21-34(22-16-31)95-56-50(77)42(69)28(6)43(70)51(56)78)98-58-54(81)46(73)38(47(74)55(58)82)37-44(71)52(79)57(53(80)45(37)72)96-35-23-17-32(18-24-35)62(65(89,90)91,66(92,93)94)33-19-25-36(26-20-33)97-60(9-3,10-4)39-48(75)40(67)27(5)41(68)49(39)76/h11-26H,7-10H2,1-6H3. The highest BCUT2D eigenvalue weighted by Gasteiger charge is 2.74. The molecule has 0 aliphatic carbocycles. The summed E-state index contributed by atoms with van der Waals surface area (Å²) in [5.41, 5.74) is -31.0. The van der Waals surface area contributed by atoms with Crippen LogP contribution in [0.2, 0.25) is 0 Å². The molecule has 526 valence electrons. The summed E-state index contributed by atoms with van der Waals surface area (Å²) in [7, 11) is 0. The molecule has 0 saturated carbocycles. The summed E-state index contributed by atoms with van der Waals surface area (Å²) in [6.07, 6.45) is -27.9. The maximum absolute atomic E-state index is 16.2. The van der Waals surface area contributed by atoms with E-state index in [1.54, 1.807) is 0 Å². The monoisotopic (exact) mass is 1430 g/mol. The van der Waals surface area contributed by atoms with E-state index in [1.807, 2.05) is 0 Å². The second-order valence-corrected chi connectivity index (χ2v) is 21.8. The first-order chi connectivity index (χ1) is 45.4. The molecule has 98 heavy (non-hydrogen) atoms. The maximum Gasteiger partial charge on any atom is 0.411 e. The van der Waals surface area contributed by atoms with Crippen molar-refractivity contribution in [2.45, 2.75) is 114 Å². The third kappa shape index (κ3) is 11.9. The van der Waals surface area contributed by atoms with Crippen molar-refractivity contribution in [3.8, 4) is 45.6 Å². The first-order valence-corrected chi connectivity index (χ1v) is 28.2. The topological polar surface area (TPSA) is 36.9 Å². The predicted octanol–water partition coefficient (Wildman–Crippen LogP) is 22.8. The summed E-state index contributed by atoms with van der Waals surface area (Å²) in [5, 5.41) is 0. The summed E-state index contributed by atoms with van der Waals surface area (Å²) < 4.78 is 448. The van der Waals surface area contributed by atoms with Crippen LogP contribution >= 0.6 is 0 Å². The van der Waals surface area contributed by atoms with Gasteiger partial charge < -0.3 is 18.9 Å². The molecule has 0 atom stereocenters. The zero-order chi connectivity index (χ0) is 73.4. The van der Waals surface area contributed by atoms with E-state index in [2.05, 4.69) is 0 Å². The molecule has 0 unspecified atom stereocenters. The van der Waals surface area contributed by atoms with Crippen molar-refractivity contribution >= 4 is 0 Å². The second-order valence-electron chi connectivity index (χ2n) is 21.8. The van der Waals surface area contributed by atoms with E-state index in [9.17, 15) is 26.3 Å². The number of halogens is 28. The normalized spacial score (nSPS) is 13.0. The van der Waals surface area contributed by atoms with E-state index >= 15 is 96.6 Å². The summed E-state index contributed by atoms with van der Waals surface area (Å²) in [6, 6.07) is 3.82. The molecule has 0 fully saturated rings. The van der Waals surface area contributed by atoms with Crippen LogP contribution < -0.4 is 18.9 Å². The Morgan fingerprint density at radius 3 is 0.765 bits per heavy atom. The molecule has 0 radical (unpaired) electrons. The van der Waals surface area contributed by atoms with Gasteiger partial charge in [-0.05, 0) is 104 Å². The highest BCUT2D eigenvalue weighted by molar-refractivity contribution is 5.70. The van der Waals surface area contributed by atoms with Gasteiger partial charge in [-0.1, -0.05) is 88.4 Å². The third-order valence-electron chi connectivity index (χ3n) is 16.8. The Balaban J connectivity index is 1.10. The first-order valence-electron chi connectivity index (χ1n) is 28.2. The largest absolute Gasteiger partial charge is 0.482 e. The van der Waals surface area contributed by atoms with Crippen molar-refractivity contribution in [3.63, 3.8) is 0 Å². The van der Waals surface area contributed by atoms with Crippen molar-refractivity contribution in [1.29, 1.82) is 0 Å². The zero-order valence-corrected chi connectivity index (χ0v) is 50.3. The molecule has 32 heteroatoms. The maximum atomic E-state index is 16.2. The lowest BCUT2D eigenvalue weighted by Crippen LogP contribution is -2.54. The van der Waals surface area contributed by atoms with Gasteiger partial charge in [-0.25, -0.2) is 43.9 Å². The van der Waals surface area contributed by atoms with E-state index in [4.69, 9.17) is 18.9 Å². The summed E-state index contributed by atoms with van der Waals surface area (Å²) >= 11 is 0. The second kappa shape index (κ2) is 26.3. The van der Waals surface area contributed by atoms with E-state index in [0.717, 1.165) is 13.8 Å². The fraction of sp³-hybridized carbons (Fsp3) is 0.273. The van der Waals surface area contributed by atoms with Crippen molar-refractivity contribution in [3.05, 3.63) is 235 Å². The molecule has 0 N–H and O–H groups in total. The predicted molar refractivity (Wildman–Crippen MR) is 291 cm³/mol. The summed E-state index contributed by atoms with van der Waals surface area (Å²) in [4.78, 5) is 0. The Kier molecular flexibility index (Phi) is 20.1. The fourth-order valence-corrected chi connectivity index (χ4v) is 11.4. The average Bonchev–Trinajstić information content (AvgIpc) is 0.722. The molecule has 0 heterocycles. The van der Waals surface area contributed by atoms with Gasteiger partial charge in [0.1, 0.15) is 28.5 Å². The SMILES string of the molecule is CCC(CC)(Oc1c(F)c(F)c(-c2c(F)c(F)c(Oc3ccc(C(c4ccc(OC(CC)(CC)c5c(F)c(F)c(C)c(F)c5F)cc4)(C(F)(F)F)C(F)(F)F)cc3)c(F)c2F)c(F)c1F)c1ccc(C(c2ccc(Oc3c(F)c(F)c(C)c(F)c3F)cc2)(C(F)(F)F)C(F)(F)F)cc1. The molecule has 4 nitrogen and oxygen atoms in total. The van der Waals surface area contributed by atoms with Crippen LogP contribution in [-0.2, 0) is 22.0 Å². The van der Waals surface area contributed by atoms with E-state index < -0.39 is 256 Å². The number of rotatable bonds is 19. The minimum Gasteiger partial charge on any atom is -0.482 e. The quantitative estimate of drug-likeness (QED) is 0.0597. The Morgan fingerprint density at radius 1 is 0.255 bits per heavy atom. The van der Waals surface area contributed by atoms with E-state index in [0.29, 0.717) is 50.2 Å². The Labute approximate surface area is 534 Å². The Hall–Kier alpha value is -9.00. The smallest absolute Gasteiger partial charge is 0.411 e. The van der Waals surface area contributed by atoms with Crippen LogP contribution in [0, 0.1) is 107 Å². The lowest BCUT2D eigenvalue weighted by Gasteiger charge is -2.39. The van der Waals surface area contributed by atoms with Crippen LogP contribution in [0.4, 0.5) is 123 Å². The van der Waals surface area contributed by atoms with Crippen molar-refractivity contribution in [2.75, 3.05) is 0 Å². The van der Waals surface area contributed by atoms with Crippen molar-refractivity contribution in [2.24, 2.45) is 0 Å². The van der Waals surface area contributed by atoms with Crippen LogP contribution in [0.5, 0.6) is 34.5 Å². The molecule has 0 aromatic heterocycles. The van der Waals surface area contributed by atoms with Gasteiger partial charge in [0.05, 0.1) is 16.7 Å². The molecule has 0 aliphatic heterocycles. The van der Waals surface area contributed by atoms with Gasteiger partial charge >= 0.3 is 24.7 Å². The van der Waals surface area contributed by atoms with E-state index in [1.165, 1.54) is 13.8 Å². The number of benzene rings is 8. The Bertz CT molecular complexity index is 4200. The lowest BCUT2D eigenvalue weighted by molar-refractivity contribution is -0.290. The van der Waals surface area contributed by atoms with Crippen LogP contribution in [0.3, 0.4) is 0 Å². The van der Waals surface area contributed by atoms with Gasteiger partial charge in [-0.15, -0.1) is 0 Å².